The highest BCUT2D eigenvalue weighted by Gasteiger charge is 2.10. The van der Waals surface area contributed by atoms with Gasteiger partial charge in [0.15, 0.2) is 0 Å². The van der Waals surface area contributed by atoms with Gasteiger partial charge in [-0.1, -0.05) is 46.3 Å². The van der Waals surface area contributed by atoms with Gasteiger partial charge >= 0.3 is 0 Å². The van der Waals surface area contributed by atoms with E-state index in [9.17, 15) is 5.11 Å². The third-order valence-corrected chi connectivity index (χ3v) is 3.77. The minimum atomic E-state index is 0.0390. The summed E-state index contributed by atoms with van der Waals surface area (Å²) in [6, 6.07) is 14.0. The fourth-order valence-electron chi connectivity index (χ4n) is 2.39. The standard InChI is InChI=1S/C15H12BrNO/c16-8-12-11-5-1-2-6-13(11)17-14-7-3-4-10(9-18)15(12)14/h1-7,18H,8-9H2. The maximum absolute atomic E-state index is 9.48. The molecule has 0 radical (unpaired) electrons. The molecule has 0 fully saturated rings. The highest BCUT2D eigenvalue weighted by Crippen LogP contribution is 2.30. The van der Waals surface area contributed by atoms with Gasteiger partial charge < -0.3 is 5.11 Å². The number of nitrogens with zero attached hydrogens (tertiary/aromatic N) is 1. The van der Waals surface area contributed by atoms with Crippen molar-refractivity contribution >= 4 is 37.7 Å². The van der Waals surface area contributed by atoms with Crippen LogP contribution < -0.4 is 0 Å². The molecular weight excluding hydrogens is 290 g/mol. The van der Waals surface area contributed by atoms with Crippen molar-refractivity contribution in [2.75, 3.05) is 0 Å². The number of aliphatic hydroxyl groups is 1. The molecule has 2 aromatic carbocycles. The number of hydrogen-bond acceptors (Lipinski definition) is 2. The number of benzene rings is 2. The molecule has 3 aromatic rings. The van der Waals surface area contributed by atoms with Gasteiger partial charge in [-0.2, -0.15) is 0 Å². The summed E-state index contributed by atoms with van der Waals surface area (Å²) in [4.78, 5) is 4.66. The van der Waals surface area contributed by atoms with Crippen LogP contribution >= 0.6 is 15.9 Å². The van der Waals surface area contributed by atoms with Gasteiger partial charge in [-0.05, 0) is 23.3 Å². The molecule has 0 saturated carbocycles. The van der Waals surface area contributed by atoms with E-state index in [-0.39, 0.29) is 6.61 Å². The molecule has 0 amide bonds. The molecular formula is C15H12BrNO. The van der Waals surface area contributed by atoms with E-state index in [2.05, 4.69) is 27.0 Å². The fraction of sp³-hybridized carbons (Fsp3) is 0.133. The maximum Gasteiger partial charge on any atom is 0.0716 e. The molecule has 0 atom stereocenters. The van der Waals surface area contributed by atoms with Crippen molar-refractivity contribution in [3.63, 3.8) is 0 Å². The molecule has 0 aliphatic rings. The van der Waals surface area contributed by atoms with E-state index in [1.165, 1.54) is 5.56 Å². The average Bonchev–Trinajstić information content (AvgIpc) is 2.44. The molecule has 0 aliphatic carbocycles. The highest BCUT2D eigenvalue weighted by atomic mass is 79.9. The van der Waals surface area contributed by atoms with Crippen molar-refractivity contribution in [1.82, 2.24) is 4.98 Å². The molecule has 3 heteroatoms. The van der Waals surface area contributed by atoms with Crippen molar-refractivity contribution in [2.24, 2.45) is 0 Å². The van der Waals surface area contributed by atoms with Crippen molar-refractivity contribution in [3.05, 3.63) is 53.6 Å². The molecule has 1 N–H and O–H groups in total. The van der Waals surface area contributed by atoms with Gasteiger partial charge in [0.05, 0.1) is 17.6 Å². The molecule has 0 spiro atoms. The molecule has 0 aliphatic heterocycles. The Morgan fingerprint density at radius 3 is 2.56 bits per heavy atom. The first-order valence-electron chi connectivity index (χ1n) is 5.81. The third-order valence-electron chi connectivity index (χ3n) is 3.20. The number of pyridine rings is 1. The van der Waals surface area contributed by atoms with Crippen molar-refractivity contribution < 1.29 is 5.11 Å². The summed E-state index contributed by atoms with van der Waals surface area (Å²) in [5, 5.41) is 12.4. The van der Waals surface area contributed by atoms with Crippen LogP contribution in [-0.2, 0) is 11.9 Å². The van der Waals surface area contributed by atoms with Crippen LogP contribution in [-0.4, -0.2) is 10.1 Å². The Kier molecular flexibility index (Phi) is 3.02. The molecule has 0 bridgehead atoms. The van der Waals surface area contributed by atoms with Crippen LogP contribution in [0.15, 0.2) is 42.5 Å². The SMILES string of the molecule is OCc1cccc2nc3ccccc3c(CBr)c12. The number of aromatic nitrogens is 1. The summed E-state index contributed by atoms with van der Waals surface area (Å²) in [6.45, 7) is 0.0390. The maximum atomic E-state index is 9.48. The molecule has 2 nitrogen and oxygen atoms in total. The van der Waals surface area contributed by atoms with E-state index < -0.39 is 0 Å². The first-order chi connectivity index (χ1) is 8.85. The molecule has 18 heavy (non-hydrogen) atoms. The molecule has 1 heterocycles. The number of halogens is 1. The number of alkyl halides is 1. The summed E-state index contributed by atoms with van der Waals surface area (Å²) in [5.74, 6) is 0. The van der Waals surface area contributed by atoms with Gasteiger partial charge in [-0.15, -0.1) is 0 Å². The van der Waals surface area contributed by atoms with E-state index in [1.54, 1.807) is 0 Å². The number of fused-ring (bicyclic) bond motifs is 2. The molecule has 1 aromatic heterocycles. The second-order valence-corrected chi connectivity index (χ2v) is 4.77. The molecule has 0 unspecified atom stereocenters. The molecule has 90 valence electrons. The fourth-order valence-corrected chi connectivity index (χ4v) is 2.97. The van der Waals surface area contributed by atoms with Gasteiger partial charge in [0.1, 0.15) is 0 Å². The van der Waals surface area contributed by atoms with Crippen molar-refractivity contribution in [1.29, 1.82) is 0 Å². The Balaban J connectivity index is 2.55. The predicted molar refractivity (Wildman–Crippen MR) is 77.8 cm³/mol. The summed E-state index contributed by atoms with van der Waals surface area (Å²) >= 11 is 3.55. The summed E-state index contributed by atoms with van der Waals surface area (Å²) in [5.41, 5.74) is 4.06. The zero-order valence-corrected chi connectivity index (χ0v) is 11.3. The van der Waals surface area contributed by atoms with Crippen molar-refractivity contribution in [3.8, 4) is 0 Å². The van der Waals surface area contributed by atoms with Crippen LogP contribution in [0.2, 0.25) is 0 Å². The van der Waals surface area contributed by atoms with Gasteiger partial charge in [0, 0.05) is 16.1 Å². The summed E-state index contributed by atoms with van der Waals surface area (Å²) in [7, 11) is 0. The zero-order valence-electron chi connectivity index (χ0n) is 9.73. The Bertz CT molecular complexity index is 724. The normalized spacial score (nSPS) is 11.2. The number of aliphatic hydroxyl groups excluding tert-OH is 1. The zero-order chi connectivity index (χ0) is 12.5. The topological polar surface area (TPSA) is 33.1 Å². The number of hydrogen-bond donors (Lipinski definition) is 1. The summed E-state index contributed by atoms with van der Waals surface area (Å²) < 4.78 is 0. The lowest BCUT2D eigenvalue weighted by molar-refractivity contribution is 0.283. The minimum absolute atomic E-state index is 0.0390. The molecule has 0 saturated heterocycles. The van der Waals surface area contributed by atoms with E-state index in [4.69, 9.17) is 0 Å². The number of rotatable bonds is 2. The van der Waals surface area contributed by atoms with E-state index in [0.29, 0.717) is 0 Å². The van der Waals surface area contributed by atoms with Crippen molar-refractivity contribution in [2.45, 2.75) is 11.9 Å². The first kappa shape index (κ1) is 11.6. The Hall–Kier alpha value is -1.45. The van der Waals surface area contributed by atoms with Gasteiger partial charge in [-0.25, -0.2) is 4.98 Å². The monoisotopic (exact) mass is 301 g/mol. The highest BCUT2D eigenvalue weighted by molar-refractivity contribution is 9.08. The second-order valence-electron chi connectivity index (χ2n) is 4.21. The van der Waals surface area contributed by atoms with Gasteiger partial charge in [0.2, 0.25) is 0 Å². The van der Waals surface area contributed by atoms with Gasteiger partial charge in [0.25, 0.3) is 0 Å². The van der Waals surface area contributed by atoms with Crippen LogP contribution in [0, 0.1) is 0 Å². The Morgan fingerprint density at radius 1 is 1.00 bits per heavy atom. The van der Waals surface area contributed by atoms with Crippen LogP contribution in [0.4, 0.5) is 0 Å². The average molecular weight is 302 g/mol. The number of para-hydroxylation sites is 1. The van der Waals surface area contributed by atoms with E-state index in [1.807, 2.05) is 36.4 Å². The van der Waals surface area contributed by atoms with E-state index in [0.717, 1.165) is 32.7 Å². The Labute approximate surface area is 113 Å². The largest absolute Gasteiger partial charge is 0.392 e. The van der Waals surface area contributed by atoms with E-state index >= 15 is 0 Å². The summed E-state index contributed by atoms with van der Waals surface area (Å²) in [6.07, 6.45) is 0. The van der Waals surface area contributed by atoms with Crippen LogP contribution in [0.5, 0.6) is 0 Å². The smallest absolute Gasteiger partial charge is 0.0716 e. The van der Waals surface area contributed by atoms with Gasteiger partial charge in [-0.3, -0.25) is 0 Å². The third kappa shape index (κ3) is 1.71. The lowest BCUT2D eigenvalue weighted by Gasteiger charge is -2.11. The predicted octanol–water partition coefficient (Wildman–Crippen LogP) is 3.78. The quantitative estimate of drug-likeness (QED) is 0.577. The second kappa shape index (κ2) is 4.67. The lowest BCUT2D eigenvalue weighted by Crippen LogP contribution is -1.94. The lowest BCUT2D eigenvalue weighted by atomic mass is 10.00. The van der Waals surface area contributed by atoms with Crippen LogP contribution in [0.3, 0.4) is 0 Å². The van der Waals surface area contributed by atoms with Crippen LogP contribution in [0.1, 0.15) is 11.1 Å². The Morgan fingerprint density at radius 2 is 1.78 bits per heavy atom. The minimum Gasteiger partial charge on any atom is -0.392 e. The first-order valence-corrected chi connectivity index (χ1v) is 6.93. The van der Waals surface area contributed by atoms with Crippen LogP contribution in [0.25, 0.3) is 21.8 Å². The molecule has 3 rings (SSSR count).